The standard InChI is InChI=1S/C26H22FN7O2/c27-20-6-3-7-21(15-20)34-26-24(30-31-34)25(28-17-29-26)33-12-10-32(11-13-33)23(35)16-36-22-9-8-18-4-1-2-5-19(18)14-22/h1-9,14-15,17H,10-13,16H2. The Hall–Kier alpha value is -4.60. The highest BCUT2D eigenvalue weighted by molar-refractivity contribution is 5.85. The number of halogens is 1. The smallest absolute Gasteiger partial charge is 0.260 e. The van der Waals surface area contributed by atoms with Gasteiger partial charge in [-0.25, -0.2) is 14.4 Å². The third-order valence-electron chi connectivity index (χ3n) is 6.29. The lowest BCUT2D eigenvalue weighted by atomic mass is 10.1. The van der Waals surface area contributed by atoms with Crippen LogP contribution in [0.25, 0.3) is 27.6 Å². The molecule has 1 aliphatic rings. The molecule has 0 spiro atoms. The summed E-state index contributed by atoms with van der Waals surface area (Å²) in [5.41, 5.74) is 1.55. The molecule has 1 aliphatic heterocycles. The van der Waals surface area contributed by atoms with Crippen LogP contribution in [0.1, 0.15) is 0 Å². The Morgan fingerprint density at radius 2 is 1.75 bits per heavy atom. The molecule has 1 amide bonds. The predicted molar refractivity (Wildman–Crippen MR) is 133 cm³/mol. The molecule has 180 valence electrons. The summed E-state index contributed by atoms with van der Waals surface area (Å²) in [6.45, 7) is 2.21. The minimum Gasteiger partial charge on any atom is -0.484 e. The SMILES string of the molecule is O=C(COc1ccc2ccccc2c1)N1CCN(c2ncnc3c2nnn3-c2cccc(F)c2)CC1. The number of piperazine rings is 1. The van der Waals surface area contributed by atoms with Gasteiger partial charge in [0.05, 0.1) is 5.69 Å². The number of anilines is 1. The number of amides is 1. The van der Waals surface area contributed by atoms with E-state index in [1.807, 2.05) is 42.5 Å². The van der Waals surface area contributed by atoms with Crippen molar-refractivity contribution >= 4 is 33.7 Å². The van der Waals surface area contributed by atoms with Gasteiger partial charge in [0.25, 0.3) is 5.91 Å². The molecule has 2 aromatic heterocycles. The summed E-state index contributed by atoms with van der Waals surface area (Å²) < 4.78 is 21.0. The summed E-state index contributed by atoms with van der Waals surface area (Å²) in [4.78, 5) is 25.4. The van der Waals surface area contributed by atoms with E-state index in [9.17, 15) is 9.18 Å². The molecular formula is C26H22FN7O2. The second-order valence-corrected chi connectivity index (χ2v) is 8.52. The maximum atomic E-state index is 13.7. The van der Waals surface area contributed by atoms with Gasteiger partial charge in [-0.05, 0) is 41.1 Å². The Labute approximate surface area is 205 Å². The van der Waals surface area contributed by atoms with Crippen molar-refractivity contribution in [2.75, 3.05) is 37.7 Å². The Kier molecular flexibility index (Phi) is 5.61. The number of carbonyl (C=O) groups excluding carboxylic acids is 1. The van der Waals surface area contributed by atoms with E-state index in [0.29, 0.717) is 54.6 Å². The molecule has 10 heteroatoms. The molecule has 3 heterocycles. The van der Waals surface area contributed by atoms with Crippen LogP contribution in [0.15, 0.2) is 73.1 Å². The fraction of sp³-hybridized carbons (Fsp3) is 0.192. The van der Waals surface area contributed by atoms with Crippen molar-refractivity contribution in [1.29, 1.82) is 0 Å². The zero-order chi connectivity index (χ0) is 24.5. The van der Waals surface area contributed by atoms with E-state index >= 15 is 0 Å². The zero-order valence-corrected chi connectivity index (χ0v) is 19.3. The van der Waals surface area contributed by atoms with Crippen LogP contribution < -0.4 is 9.64 Å². The highest BCUT2D eigenvalue weighted by Gasteiger charge is 2.25. The summed E-state index contributed by atoms with van der Waals surface area (Å²) in [5.74, 6) is 0.885. The number of nitrogens with zero attached hydrogens (tertiary/aromatic N) is 7. The van der Waals surface area contributed by atoms with Crippen LogP contribution in [0.4, 0.5) is 10.2 Å². The fourth-order valence-corrected chi connectivity index (χ4v) is 4.41. The van der Waals surface area contributed by atoms with Gasteiger partial charge in [-0.2, -0.15) is 4.68 Å². The normalized spacial score (nSPS) is 13.9. The fourth-order valence-electron chi connectivity index (χ4n) is 4.41. The van der Waals surface area contributed by atoms with E-state index in [4.69, 9.17) is 4.74 Å². The van der Waals surface area contributed by atoms with Crippen LogP contribution in [0, 0.1) is 5.82 Å². The maximum Gasteiger partial charge on any atom is 0.260 e. The van der Waals surface area contributed by atoms with E-state index in [-0.39, 0.29) is 18.3 Å². The number of hydrogen-bond donors (Lipinski definition) is 0. The molecule has 3 aromatic carbocycles. The monoisotopic (exact) mass is 483 g/mol. The Bertz CT molecular complexity index is 1560. The van der Waals surface area contributed by atoms with E-state index in [1.165, 1.54) is 23.1 Å². The van der Waals surface area contributed by atoms with Gasteiger partial charge < -0.3 is 14.5 Å². The second-order valence-electron chi connectivity index (χ2n) is 8.52. The number of hydrogen-bond acceptors (Lipinski definition) is 7. The highest BCUT2D eigenvalue weighted by Crippen LogP contribution is 2.24. The van der Waals surface area contributed by atoms with Gasteiger partial charge in [0, 0.05) is 26.2 Å². The zero-order valence-electron chi connectivity index (χ0n) is 19.3. The van der Waals surface area contributed by atoms with Crippen LogP contribution >= 0.6 is 0 Å². The molecule has 0 bridgehead atoms. The van der Waals surface area contributed by atoms with Gasteiger partial charge in [0.1, 0.15) is 17.9 Å². The molecule has 0 N–H and O–H groups in total. The topological polar surface area (TPSA) is 89.3 Å². The molecule has 9 nitrogen and oxygen atoms in total. The van der Waals surface area contributed by atoms with Crippen molar-refractivity contribution in [3.63, 3.8) is 0 Å². The molecule has 5 aromatic rings. The summed E-state index contributed by atoms with van der Waals surface area (Å²) in [6.07, 6.45) is 1.45. The van der Waals surface area contributed by atoms with Gasteiger partial charge in [0.2, 0.25) is 0 Å². The summed E-state index contributed by atoms with van der Waals surface area (Å²) >= 11 is 0. The molecule has 0 aliphatic carbocycles. The first-order valence-electron chi connectivity index (χ1n) is 11.6. The molecule has 1 fully saturated rings. The molecule has 0 unspecified atom stereocenters. The second kappa shape index (κ2) is 9.21. The van der Waals surface area contributed by atoms with Crippen LogP contribution in [0.2, 0.25) is 0 Å². The average molecular weight is 484 g/mol. The maximum absolute atomic E-state index is 13.7. The van der Waals surface area contributed by atoms with Crippen molar-refractivity contribution < 1.29 is 13.9 Å². The lowest BCUT2D eigenvalue weighted by Crippen LogP contribution is -2.50. The van der Waals surface area contributed by atoms with Crippen LogP contribution in [-0.4, -0.2) is 68.6 Å². The molecule has 6 rings (SSSR count). The number of carbonyl (C=O) groups is 1. The number of rotatable bonds is 5. The first kappa shape index (κ1) is 21.9. The third-order valence-corrected chi connectivity index (χ3v) is 6.29. The quantitative estimate of drug-likeness (QED) is 0.379. The third kappa shape index (κ3) is 4.17. The van der Waals surface area contributed by atoms with Crippen molar-refractivity contribution in [3.05, 3.63) is 78.9 Å². The summed E-state index contributed by atoms with van der Waals surface area (Å²) in [6, 6.07) is 19.9. The van der Waals surface area contributed by atoms with E-state index < -0.39 is 0 Å². The minimum atomic E-state index is -0.365. The predicted octanol–water partition coefficient (Wildman–Crippen LogP) is 3.23. The van der Waals surface area contributed by atoms with Gasteiger partial charge >= 0.3 is 0 Å². The van der Waals surface area contributed by atoms with Crippen molar-refractivity contribution in [3.8, 4) is 11.4 Å². The molecule has 1 saturated heterocycles. The van der Waals surface area contributed by atoms with E-state index in [1.54, 1.807) is 17.0 Å². The Balaban J connectivity index is 1.11. The molecular weight excluding hydrogens is 461 g/mol. The highest BCUT2D eigenvalue weighted by atomic mass is 19.1. The van der Waals surface area contributed by atoms with Crippen molar-refractivity contribution in [2.24, 2.45) is 0 Å². The van der Waals surface area contributed by atoms with Gasteiger partial charge in [0.15, 0.2) is 23.6 Å². The lowest BCUT2D eigenvalue weighted by molar-refractivity contribution is -0.133. The van der Waals surface area contributed by atoms with Crippen molar-refractivity contribution in [2.45, 2.75) is 0 Å². The average Bonchev–Trinajstić information content (AvgIpc) is 3.36. The number of fused-ring (bicyclic) bond motifs is 2. The van der Waals surface area contributed by atoms with Gasteiger partial charge in [-0.1, -0.05) is 41.6 Å². The molecule has 0 saturated carbocycles. The Morgan fingerprint density at radius 3 is 2.58 bits per heavy atom. The summed E-state index contributed by atoms with van der Waals surface area (Å²) in [7, 11) is 0. The van der Waals surface area contributed by atoms with E-state index in [0.717, 1.165) is 10.8 Å². The number of aromatic nitrogens is 5. The largest absolute Gasteiger partial charge is 0.484 e. The Morgan fingerprint density at radius 1 is 0.917 bits per heavy atom. The molecule has 0 radical (unpaired) electrons. The van der Waals surface area contributed by atoms with E-state index in [2.05, 4.69) is 25.2 Å². The van der Waals surface area contributed by atoms with Crippen LogP contribution in [0.3, 0.4) is 0 Å². The van der Waals surface area contributed by atoms with Crippen LogP contribution in [-0.2, 0) is 4.79 Å². The molecule has 36 heavy (non-hydrogen) atoms. The first-order valence-corrected chi connectivity index (χ1v) is 11.6. The van der Waals surface area contributed by atoms with Crippen LogP contribution in [0.5, 0.6) is 5.75 Å². The number of ether oxygens (including phenoxy) is 1. The first-order chi connectivity index (χ1) is 17.7. The molecule has 0 atom stereocenters. The van der Waals surface area contributed by atoms with Gasteiger partial charge in [-0.3, -0.25) is 4.79 Å². The van der Waals surface area contributed by atoms with Gasteiger partial charge in [-0.15, -0.1) is 5.10 Å². The van der Waals surface area contributed by atoms with Crippen molar-refractivity contribution in [1.82, 2.24) is 29.9 Å². The summed E-state index contributed by atoms with van der Waals surface area (Å²) in [5, 5.41) is 10.6. The number of benzene rings is 3. The lowest BCUT2D eigenvalue weighted by Gasteiger charge is -2.35. The minimum absolute atomic E-state index is 0.0158.